The summed E-state index contributed by atoms with van der Waals surface area (Å²) in [5, 5.41) is 11.2. The minimum absolute atomic E-state index is 0.0859. The fourth-order valence-electron chi connectivity index (χ4n) is 2.51. The Hall–Kier alpha value is -2.66. The molecule has 0 saturated carbocycles. The van der Waals surface area contributed by atoms with E-state index in [0.717, 1.165) is 5.56 Å². The summed E-state index contributed by atoms with van der Waals surface area (Å²) in [6, 6.07) is 17.9. The summed E-state index contributed by atoms with van der Waals surface area (Å²) in [6.45, 7) is 0. The zero-order chi connectivity index (χ0) is 21.8. The molecule has 0 saturated heterocycles. The van der Waals surface area contributed by atoms with Crippen molar-refractivity contribution in [3.8, 4) is 0 Å². The van der Waals surface area contributed by atoms with Gasteiger partial charge in [0, 0.05) is 10.8 Å². The van der Waals surface area contributed by atoms with Gasteiger partial charge in [-0.15, -0.1) is 10.2 Å². The minimum Gasteiger partial charge on any atom is -0.439 e. The third-order valence-corrected chi connectivity index (χ3v) is 7.96. The number of hydrogen-bond donors (Lipinski definition) is 1. The van der Waals surface area contributed by atoms with Crippen LogP contribution in [0.3, 0.4) is 0 Å². The van der Waals surface area contributed by atoms with E-state index in [1.807, 2.05) is 24.3 Å². The molecule has 0 spiro atoms. The Morgan fingerprint density at radius 3 is 2.52 bits per heavy atom. The highest BCUT2D eigenvalue weighted by Gasteiger charge is 2.23. The van der Waals surface area contributed by atoms with Crippen LogP contribution in [0.4, 0.5) is 5.13 Å². The van der Waals surface area contributed by atoms with E-state index in [1.165, 1.54) is 47.4 Å². The van der Waals surface area contributed by atoms with Crippen LogP contribution in [0.5, 0.6) is 0 Å². The summed E-state index contributed by atoms with van der Waals surface area (Å²) in [4.78, 5) is 12.5. The van der Waals surface area contributed by atoms with Crippen LogP contribution in [0.15, 0.2) is 85.5 Å². The predicted octanol–water partition coefficient (Wildman–Crippen LogP) is 5.16. The molecule has 1 N–H and O–H groups in total. The van der Waals surface area contributed by atoms with Crippen molar-refractivity contribution in [2.75, 3.05) is 5.32 Å². The quantitative estimate of drug-likeness (QED) is 0.281. The van der Waals surface area contributed by atoms with Crippen LogP contribution in [0.25, 0.3) is 0 Å². The van der Waals surface area contributed by atoms with Gasteiger partial charge in [-0.2, -0.15) is 0 Å². The lowest BCUT2D eigenvalue weighted by molar-refractivity contribution is 0.0991. The number of halogens is 1. The molecule has 11 heteroatoms. The molecule has 31 heavy (non-hydrogen) atoms. The first-order valence-electron chi connectivity index (χ1n) is 8.84. The third-order valence-electron chi connectivity index (χ3n) is 4.03. The van der Waals surface area contributed by atoms with Crippen molar-refractivity contribution >= 4 is 55.6 Å². The van der Waals surface area contributed by atoms with E-state index in [9.17, 15) is 13.2 Å². The van der Waals surface area contributed by atoms with E-state index < -0.39 is 15.7 Å². The molecule has 0 radical (unpaired) electrons. The van der Waals surface area contributed by atoms with Gasteiger partial charge in [0.2, 0.25) is 20.1 Å². The Morgan fingerprint density at radius 2 is 1.77 bits per heavy atom. The van der Waals surface area contributed by atoms with Crippen LogP contribution in [0.2, 0.25) is 5.02 Å². The summed E-state index contributed by atoms with van der Waals surface area (Å²) >= 11 is 8.57. The average molecular weight is 492 g/mol. The molecule has 0 aliphatic rings. The maximum Gasteiger partial charge on any atom is 0.293 e. The van der Waals surface area contributed by atoms with Gasteiger partial charge < -0.3 is 4.42 Å². The summed E-state index contributed by atoms with van der Waals surface area (Å²) < 4.78 is 31.1. The lowest BCUT2D eigenvalue weighted by Gasteiger charge is -2.01. The topological polar surface area (TPSA) is 102 Å². The molecular formula is C20H14ClN3O4S3. The fraction of sp³-hybridized carbons (Fsp3) is 0.0500. The number of amides is 1. The van der Waals surface area contributed by atoms with Crippen LogP contribution in [0, 0.1) is 0 Å². The van der Waals surface area contributed by atoms with Gasteiger partial charge in [0.05, 0.1) is 4.90 Å². The van der Waals surface area contributed by atoms with E-state index in [4.69, 9.17) is 16.0 Å². The Bertz CT molecular complexity index is 1300. The largest absolute Gasteiger partial charge is 0.439 e. The highest BCUT2D eigenvalue weighted by atomic mass is 35.5. The van der Waals surface area contributed by atoms with Crippen molar-refractivity contribution in [3.05, 3.63) is 83.1 Å². The monoisotopic (exact) mass is 491 g/mol. The third kappa shape index (κ3) is 5.16. The van der Waals surface area contributed by atoms with Gasteiger partial charge in [-0.1, -0.05) is 65.0 Å². The van der Waals surface area contributed by atoms with Crippen molar-refractivity contribution < 1.29 is 17.6 Å². The number of carbonyl (C=O) groups excluding carboxylic acids is 1. The molecule has 2 aromatic heterocycles. The number of thioether (sulfide) groups is 1. The Labute approximate surface area is 191 Å². The second kappa shape index (κ2) is 9.23. The first kappa shape index (κ1) is 21.6. The molecule has 0 aliphatic heterocycles. The molecule has 0 bridgehead atoms. The molecule has 0 aliphatic carbocycles. The number of rotatable bonds is 7. The van der Waals surface area contributed by atoms with Crippen molar-refractivity contribution in [3.63, 3.8) is 0 Å². The normalized spacial score (nSPS) is 11.4. The second-order valence-electron chi connectivity index (χ2n) is 6.18. The van der Waals surface area contributed by atoms with Crippen LogP contribution in [-0.2, 0) is 15.6 Å². The Balaban J connectivity index is 1.40. The van der Waals surface area contributed by atoms with E-state index in [2.05, 4.69) is 15.5 Å². The number of benzene rings is 2. The Morgan fingerprint density at radius 1 is 1.03 bits per heavy atom. The smallest absolute Gasteiger partial charge is 0.293 e. The van der Waals surface area contributed by atoms with Crippen LogP contribution < -0.4 is 5.32 Å². The SMILES string of the molecule is O=C(Nc1nnc(SCc2ccc(Cl)cc2)s1)c1ccc(S(=O)(=O)c2ccccc2)o1. The average Bonchev–Trinajstić information content (AvgIpc) is 3.44. The summed E-state index contributed by atoms with van der Waals surface area (Å²) in [7, 11) is -3.84. The number of furan rings is 1. The van der Waals surface area contributed by atoms with Gasteiger partial charge in [0.15, 0.2) is 10.1 Å². The minimum atomic E-state index is -3.84. The van der Waals surface area contributed by atoms with Gasteiger partial charge in [-0.05, 0) is 42.0 Å². The molecule has 0 atom stereocenters. The summed E-state index contributed by atoms with van der Waals surface area (Å²) in [5.74, 6) is -0.0708. The molecule has 4 aromatic rings. The van der Waals surface area contributed by atoms with E-state index >= 15 is 0 Å². The molecule has 2 aromatic carbocycles. The van der Waals surface area contributed by atoms with Crippen molar-refractivity contribution in [1.82, 2.24) is 10.2 Å². The van der Waals surface area contributed by atoms with E-state index in [0.29, 0.717) is 15.1 Å². The molecule has 2 heterocycles. The summed E-state index contributed by atoms with van der Waals surface area (Å²) in [6.07, 6.45) is 0. The van der Waals surface area contributed by atoms with Crippen LogP contribution >= 0.6 is 34.7 Å². The van der Waals surface area contributed by atoms with E-state index in [1.54, 1.807) is 18.2 Å². The summed E-state index contributed by atoms with van der Waals surface area (Å²) in [5.41, 5.74) is 1.08. The number of aromatic nitrogens is 2. The number of nitrogens with zero attached hydrogens (tertiary/aromatic N) is 2. The lowest BCUT2D eigenvalue weighted by atomic mass is 10.2. The number of anilines is 1. The van der Waals surface area contributed by atoms with Crippen LogP contribution in [0.1, 0.15) is 16.1 Å². The molecule has 7 nitrogen and oxygen atoms in total. The standard InChI is InChI=1S/C20H14ClN3O4S3/c21-14-8-6-13(7-9-14)12-29-20-24-23-19(30-20)22-18(25)16-10-11-17(28-16)31(26,27)15-4-2-1-3-5-15/h1-11H,12H2,(H,22,23,25). The zero-order valence-corrected chi connectivity index (χ0v) is 18.9. The van der Waals surface area contributed by atoms with Gasteiger partial charge in [0.25, 0.3) is 5.91 Å². The molecule has 1 amide bonds. The maximum atomic E-state index is 12.6. The highest BCUT2D eigenvalue weighted by molar-refractivity contribution is 8.00. The maximum absolute atomic E-state index is 12.6. The fourth-order valence-corrected chi connectivity index (χ4v) is 5.53. The molecule has 0 fully saturated rings. The van der Waals surface area contributed by atoms with Gasteiger partial charge in [-0.3, -0.25) is 10.1 Å². The van der Waals surface area contributed by atoms with E-state index in [-0.39, 0.29) is 20.9 Å². The first-order valence-corrected chi connectivity index (χ1v) is 12.5. The van der Waals surface area contributed by atoms with Crippen molar-refractivity contribution in [2.24, 2.45) is 0 Å². The number of hydrogen-bond acceptors (Lipinski definition) is 8. The van der Waals surface area contributed by atoms with Gasteiger partial charge >= 0.3 is 0 Å². The van der Waals surface area contributed by atoms with Crippen LogP contribution in [-0.4, -0.2) is 24.5 Å². The predicted molar refractivity (Wildman–Crippen MR) is 119 cm³/mol. The molecule has 158 valence electrons. The van der Waals surface area contributed by atoms with Crippen molar-refractivity contribution in [2.45, 2.75) is 20.1 Å². The first-order chi connectivity index (χ1) is 14.9. The molecule has 0 unspecified atom stereocenters. The van der Waals surface area contributed by atoms with Gasteiger partial charge in [-0.25, -0.2) is 8.42 Å². The highest BCUT2D eigenvalue weighted by Crippen LogP contribution is 2.29. The number of carbonyl (C=O) groups is 1. The number of nitrogens with one attached hydrogen (secondary N) is 1. The second-order valence-corrected chi connectivity index (χ2v) is 10.7. The lowest BCUT2D eigenvalue weighted by Crippen LogP contribution is -2.10. The number of sulfone groups is 1. The zero-order valence-electron chi connectivity index (χ0n) is 15.7. The molecular weight excluding hydrogens is 478 g/mol. The van der Waals surface area contributed by atoms with Gasteiger partial charge in [0.1, 0.15) is 0 Å². The molecule has 4 rings (SSSR count). The van der Waals surface area contributed by atoms with Crippen molar-refractivity contribution in [1.29, 1.82) is 0 Å². The Kier molecular flexibility index (Phi) is 6.42.